The Hall–Kier alpha value is -2.66. The van der Waals surface area contributed by atoms with Crippen LogP contribution in [0.25, 0.3) is 10.9 Å². The monoisotopic (exact) mass is 342 g/mol. The van der Waals surface area contributed by atoms with Gasteiger partial charge >= 0.3 is 5.97 Å². The lowest BCUT2D eigenvalue weighted by molar-refractivity contribution is -0.136. The Kier molecular flexibility index (Phi) is 4.36. The Morgan fingerprint density at radius 2 is 2.04 bits per heavy atom. The Morgan fingerprint density at radius 1 is 1.25 bits per heavy atom. The van der Waals surface area contributed by atoms with Gasteiger partial charge in [-0.15, -0.1) is 0 Å². The Balaban J connectivity index is 2.16. The van der Waals surface area contributed by atoms with E-state index in [1.54, 1.807) is 30.5 Å². The van der Waals surface area contributed by atoms with Crippen LogP contribution in [0.1, 0.15) is 34.2 Å². The summed E-state index contributed by atoms with van der Waals surface area (Å²) in [6.45, 7) is 1.99. The standard InChI is InChI=1S/C18H15ClN2O3/c1-2-10-5-6-20-15(7-10)18(24)17-13(9-16(22)23)12-4-3-11(19)8-14(12)21-17/h3-8,21H,2,9H2,1H3,(H,22,23). The number of H-pyrrole nitrogens is 1. The molecule has 2 N–H and O–H groups in total. The fourth-order valence-electron chi connectivity index (χ4n) is 2.70. The number of carbonyl (C=O) groups is 2. The highest BCUT2D eigenvalue weighted by Crippen LogP contribution is 2.27. The molecule has 122 valence electrons. The number of carboxylic acids is 1. The number of aromatic nitrogens is 2. The van der Waals surface area contributed by atoms with Crippen LogP contribution in [-0.4, -0.2) is 26.8 Å². The summed E-state index contributed by atoms with van der Waals surface area (Å²) >= 11 is 5.99. The molecule has 0 bridgehead atoms. The molecule has 0 aliphatic carbocycles. The summed E-state index contributed by atoms with van der Waals surface area (Å²) in [5, 5.41) is 10.4. The first-order valence-corrected chi connectivity index (χ1v) is 7.89. The van der Waals surface area contributed by atoms with E-state index in [0.29, 0.717) is 27.2 Å². The largest absolute Gasteiger partial charge is 0.481 e. The zero-order valence-corrected chi connectivity index (χ0v) is 13.7. The molecule has 0 unspecified atom stereocenters. The number of halogens is 1. The zero-order valence-electron chi connectivity index (χ0n) is 13.0. The van der Waals surface area contributed by atoms with Crippen LogP contribution in [0.15, 0.2) is 36.5 Å². The second-order valence-electron chi connectivity index (χ2n) is 5.47. The molecule has 2 aromatic heterocycles. The van der Waals surface area contributed by atoms with Crippen molar-refractivity contribution in [1.29, 1.82) is 0 Å². The number of fused-ring (bicyclic) bond motifs is 1. The third kappa shape index (κ3) is 3.03. The lowest BCUT2D eigenvalue weighted by Gasteiger charge is -2.03. The summed E-state index contributed by atoms with van der Waals surface area (Å²) in [4.78, 5) is 31.2. The fraction of sp³-hybridized carbons (Fsp3) is 0.167. The van der Waals surface area contributed by atoms with Crippen molar-refractivity contribution in [1.82, 2.24) is 9.97 Å². The maximum atomic E-state index is 12.9. The van der Waals surface area contributed by atoms with E-state index >= 15 is 0 Å². The summed E-state index contributed by atoms with van der Waals surface area (Å²) in [7, 11) is 0. The van der Waals surface area contributed by atoms with Crippen molar-refractivity contribution in [3.63, 3.8) is 0 Å². The van der Waals surface area contributed by atoms with E-state index in [1.807, 2.05) is 13.0 Å². The van der Waals surface area contributed by atoms with Crippen molar-refractivity contribution in [2.24, 2.45) is 0 Å². The molecule has 24 heavy (non-hydrogen) atoms. The molecule has 3 aromatic rings. The SMILES string of the molecule is CCc1ccnc(C(=O)c2[nH]c3cc(Cl)ccc3c2CC(=O)O)c1. The topological polar surface area (TPSA) is 83.0 Å². The van der Waals surface area contributed by atoms with Gasteiger partial charge < -0.3 is 10.1 Å². The third-order valence-corrected chi connectivity index (χ3v) is 4.12. The van der Waals surface area contributed by atoms with E-state index in [9.17, 15) is 14.7 Å². The number of carbonyl (C=O) groups excluding carboxylic acids is 1. The molecule has 0 aliphatic rings. The lowest BCUT2D eigenvalue weighted by Crippen LogP contribution is -2.10. The fourth-order valence-corrected chi connectivity index (χ4v) is 2.88. The summed E-state index contributed by atoms with van der Waals surface area (Å²) in [5.41, 5.74) is 2.61. The first-order valence-electron chi connectivity index (χ1n) is 7.51. The molecule has 0 saturated heterocycles. The Morgan fingerprint density at radius 3 is 2.75 bits per heavy atom. The summed E-state index contributed by atoms with van der Waals surface area (Å²) in [6.07, 6.45) is 2.12. The highest BCUT2D eigenvalue weighted by atomic mass is 35.5. The molecule has 0 spiro atoms. The first-order chi connectivity index (χ1) is 11.5. The van der Waals surface area contributed by atoms with Gasteiger partial charge in [0.25, 0.3) is 0 Å². The van der Waals surface area contributed by atoms with Crippen LogP contribution in [-0.2, 0) is 17.6 Å². The number of hydrogen-bond donors (Lipinski definition) is 2. The maximum absolute atomic E-state index is 12.9. The number of carboxylic acid groups (broad SMARTS) is 1. The summed E-state index contributed by atoms with van der Waals surface area (Å²) < 4.78 is 0. The molecular weight excluding hydrogens is 328 g/mol. The van der Waals surface area contributed by atoms with Gasteiger partial charge in [0.15, 0.2) is 0 Å². The second-order valence-corrected chi connectivity index (χ2v) is 5.91. The summed E-state index contributed by atoms with van der Waals surface area (Å²) in [5.74, 6) is -1.33. The van der Waals surface area contributed by atoms with Gasteiger partial charge in [0.1, 0.15) is 5.69 Å². The molecule has 0 amide bonds. The number of aromatic amines is 1. The minimum absolute atomic E-state index is 0.246. The number of ketones is 1. The number of aryl methyl sites for hydroxylation is 1. The van der Waals surface area contributed by atoms with Gasteiger partial charge in [-0.25, -0.2) is 0 Å². The van der Waals surface area contributed by atoms with Gasteiger partial charge in [-0.1, -0.05) is 24.6 Å². The normalized spacial score (nSPS) is 10.9. The van der Waals surface area contributed by atoms with Gasteiger partial charge in [0.2, 0.25) is 5.78 Å². The smallest absolute Gasteiger partial charge is 0.307 e. The van der Waals surface area contributed by atoms with Crippen LogP contribution in [0.3, 0.4) is 0 Å². The average molecular weight is 343 g/mol. The zero-order chi connectivity index (χ0) is 17.3. The van der Waals surface area contributed by atoms with Gasteiger partial charge in [-0.05, 0) is 36.2 Å². The molecule has 1 aromatic carbocycles. The predicted molar refractivity (Wildman–Crippen MR) is 91.7 cm³/mol. The number of hydrogen-bond acceptors (Lipinski definition) is 3. The highest BCUT2D eigenvalue weighted by Gasteiger charge is 2.22. The number of nitrogens with one attached hydrogen (secondary N) is 1. The molecule has 0 atom stereocenters. The molecule has 0 fully saturated rings. The number of benzene rings is 1. The first kappa shape index (κ1) is 16.2. The van der Waals surface area contributed by atoms with E-state index in [1.165, 1.54) is 0 Å². The lowest BCUT2D eigenvalue weighted by atomic mass is 10.0. The van der Waals surface area contributed by atoms with Crippen molar-refractivity contribution >= 4 is 34.3 Å². The molecule has 5 nitrogen and oxygen atoms in total. The van der Waals surface area contributed by atoms with E-state index in [2.05, 4.69) is 9.97 Å². The Labute approximate surface area is 143 Å². The molecular formula is C18H15ClN2O3. The van der Waals surface area contributed by atoms with Crippen molar-refractivity contribution < 1.29 is 14.7 Å². The highest BCUT2D eigenvalue weighted by molar-refractivity contribution is 6.31. The molecule has 6 heteroatoms. The quantitative estimate of drug-likeness (QED) is 0.693. The minimum Gasteiger partial charge on any atom is -0.481 e. The minimum atomic E-state index is -1.00. The van der Waals surface area contributed by atoms with Crippen molar-refractivity contribution in [3.05, 3.63) is 64.1 Å². The van der Waals surface area contributed by atoms with Crippen LogP contribution in [0.4, 0.5) is 0 Å². The van der Waals surface area contributed by atoms with Crippen LogP contribution in [0.5, 0.6) is 0 Å². The van der Waals surface area contributed by atoms with Gasteiger partial charge in [-0.3, -0.25) is 14.6 Å². The van der Waals surface area contributed by atoms with E-state index < -0.39 is 5.97 Å². The molecule has 0 radical (unpaired) electrons. The van der Waals surface area contributed by atoms with Gasteiger partial charge in [0, 0.05) is 27.7 Å². The second kappa shape index (κ2) is 6.45. The molecule has 0 aliphatic heterocycles. The van der Waals surface area contributed by atoms with Crippen LogP contribution in [0, 0.1) is 0 Å². The molecule has 0 saturated carbocycles. The van der Waals surface area contributed by atoms with Crippen molar-refractivity contribution in [2.45, 2.75) is 19.8 Å². The van der Waals surface area contributed by atoms with Gasteiger partial charge in [0.05, 0.1) is 12.1 Å². The average Bonchev–Trinajstić information content (AvgIpc) is 2.91. The number of pyridine rings is 1. The maximum Gasteiger partial charge on any atom is 0.307 e. The molecule has 2 heterocycles. The number of nitrogens with zero attached hydrogens (tertiary/aromatic N) is 1. The van der Waals surface area contributed by atoms with E-state index in [0.717, 1.165) is 12.0 Å². The van der Waals surface area contributed by atoms with E-state index in [4.69, 9.17) is 11.6 Å². The Bertz CT molecular complexity index is 947. The van der Waals surface area contributed by atoms with Crippen LogP contribution >= 0.6 is 11.6 Å². The van der Waals surface area contributed by atoms with Gasteiger partial charge in [-0.2, -0.15) is 0 Å². The van der Waals surface area contributed by atoms with E-state index in [-0.39, 0.29) is 17.9 Å². The predicted octanol–water partition coefficient (Wildman–Crippen LogP) is 3.64. The van der Waals surface area contributed by atoms with Crippen molar-refractivity contribution in [3.8, 4) is 0 Å². The van der Waals surface area contributed by atoms with Crippen LogP contribution in [0.2, 0.25) is 5.02 Å². The molecule has 3 rings (SSSR count). The number of rotatable bonds is 5. The van der Waals surface area contributed by atoms with Crippen LogP contribution < -0.4 is 0 Å². The summed E-state index contributed by atoms with van der Waals surface area (Å²) in [6, 6.07) is 8.65. The van der Waals surface area contributed by atoms with Crippen molar-refractivity contribution in [2.75, 3.05) is 0 Å². The number of aliphatic carboxylic acids is 1. The third-order valence-electron chi connectivity index (χ3n) is 3.89.